The number of rotatable bonds is 9. The van der Waals surface area contributed by atoms with E-state index in [0.717, 1.165) is 55.8 Å². The van der Waals surface area contributed by atoms with Gasteiger partial charge in [-0.05, 0) is 50.9 Å². The maximum absolute atomic E-state index is 11.6. The first-order valence-corrected chi connectivity index (χ1v) is 9.70. The summed E-state index contributed by atoms with van der Waals surface area (Å²) in [6, 6.07) is 6.24. The summed E-state index contributed by atoms with van der Waals surface area (Å²) in [6.07, 6.45) is 6.42. The number of benzene rings is 1. The van der Waals surface area contributed by atoms with Crippen LogP contribution >= 0.6 is 0 Å². The van der Waals surface area contributed by atoms with Crippen molar-refractivity contribution in [1.29, 1.82) is 0 Å². The Morgan fingerprint density at radius 2 is 1.96 bits per heavy atom. The predicted octanol–water partition coefficient (Wildman–Crippen LogP) is 2.42. The van der Waals surface area contributed by atoms with Gasteiger partial charge in [-0.25, -0.2) is 0 Å². The molecule has 0 saturated heterocycles. The molecule has 146 valence electrons. The summed E-state index contributed by atoms with van der Waals surface area (Å²) in [4.78, 5) is 27.0. The van der Waals surface area contributed by atoms with E-state index in [-0.39, 0.29) is 11.8 Å². The number of hydrogen-bond donors (Lipinski definition) is 0. The van der Waals surface area contributed by atoms with Crippen LogP contribution in [0.3, 0.4) is 0 Å². The lowest BCUT2D eigenvalue weighted by Crippen LogP contribution is -2.44. The highest BCUT2D eigenvalue weighted by Gasteiger charge is 2.27. The van der Waals surface area contributed by atoms with E-state index in [1.54, 1.807) is 7.11 Å². The van der Waals surface area contributed by atoms with E-state index in [9.17, 15) is 9.59 Å². The molecule has 1 unspecified atom stereocenters. The lowest BCUT2D eigenvalue weighted by Gasteiger charge is -2.35. The van der Waals surface area contributed by atoms with Crippen LogP contribution in [0.4, 0.5) is 0 Å². The van der Waals surface area contributed by atoms with Crippen molar-refractivity contribution < 1.29 is 19.1 Å². The third kappa shape index (κ3) is 4.50. The van der Waals surface area contributed by atoms with E-state index in [4.69, 9.17) is 9.47 Å². The van der Waals surface area contributed by atoms with Crippen LogP contribution in [-0.2, 0) is 16.0 Å². The Morgan fingerprint density at radius 3 is 2.67 bits per heavy atom. The van der Waals surface area contributed by atoms with Gasteiger partial charge in [0.1, 0.15) is 18.1 Å². The Hall–Kier alpha value is -2.34. The summed E-state index contributed by atoms with van der Waals surface area (Å²) in [7, 11) is 1.69. The minimum Gasteiger partial charge on any atom is -0.496 e. The molecule has 27 heavy (non-hydrogen) atoms. The molecule has 1 aromatic carbocycles. The van der Waals surface area contributed by atoms with Crippen LogP contribution in [-0.4, -0.2) is 61.0 Å². The zero-order chi connectivity index (χ0) is 19.2. The number of ether oxygens (including phenoxy) is 2. The van der Waals surface area contributed by atoms with Gasteiger partial charge in [-0.15, -0.1) is 0 Å². The van der Waals surface area contributed by atoms with Crippen LogP contribution in [0, 0.1) is 0 Å². The lowest BCUT2D eigenvalue weighted by molar-refractivity contribution is -0.136. The fourth-order valence-electron chi connectivity index (χ4n) is 3.79. The Bertz CT molecular complexity index is 684. The van der Waals surface area contributed by atoms with Crippen LogP contribution in [0.1, 0.15) is 31.7 Å². The van der Waals surface area contributed by atoms with Crippen LogP contribution in [0.25, 0.3) is 0 Å². The molecule has 0 aliphatic carbocycles. The third-order valence-electron chi connectivity index (χ3n) is 5.19. The van der Waals surface area contributed by atoms with Crippen molar-refractivity contribution in [2.75, 3.05) is 33.4 Å². The van der Waals surface area contributed by atoms with E-state index in [2.05, 4.69) is 11.8 Å². The van der Waals surface area contributed by atoms with Crippen LogP contribution in [0.2, 0.25) is 0 Å². The fourth-order valence-corrected chi connectivity index (χ4v) is 3.79. The molecule has 2 heterocycles. The zero-order valence-electron chi connectivity index (χ0n) is 16.1. The van der Waals surface area contributed by atoms with Gasteiger partial charge >= 0.3 is 0 Å². The average Bonchev–Trinajstić information content (AvgIpc) is 3.01. The van der Waals surface area contributed by atoms with Crippen LogP contribution in [0.15, 0.2) is 30.4 Å². The number of hydrogen-bond acceptors (Lipinski definition) is 5. The maximum atomic E-state index is 11.6. The lowest BCUT2D eigenvalue weighted by atomic mass is 10.00. The van der Waals surface area contributed by atoms with Crippen molar-refractivity contribution >= 4 is 11.8 Å². The monoisotopic (exact) mass is 372 g/mol. The average molecular weight is 372 g/mol. The van der Waals surface area contributed by atoms with E-state index in [1.165, 1.54) is 17.1 Å². The molecule has 3 rings (SSSR count). The summed E-state index contributed by atoms with van der Waals surface area (Å²) in [5.41, 5.74) is 1.14. The first-order valence-electron chi connectivity index (χ1n) is 9.70. The van der Waals surface area contributed by atoms with Crippen molar-refractivity contribution in [3.63, 3.8) is 0 Å². The van der Waals surface area contributed by atoms with Crippen molar-refractivity contribution in [2.45, 2.75) is 38.6 Å². The molecule has 0 N–H and O–H groups in total. The molecular formula is C21H28N2O4. The van der Waals surface area contributed by atoms with E-state index in [0.29, 0.717) is 19.2 Å². The van der Waals surface area contributed by atoms with Gasteiger partial charge in [-0.2, -0.15) is 0 Å². The summed E-state index contributed by atoms with van der Waals surface area (Å²) in [5.74, 6) is 1.40. The van der Waals surface area contributed by atoms with Gasteiger partial charge in [-0.1, -0.05) is 13.0 Å². The number of amides is 2. The summed E-state index contributed by atoms with van der Waals surface area (Å²) < 4.78 is 11.5. The largest absolute Gasteiger partial charge is 0.496 e. The number of methoxy groups -OCH3 is 1. The highest BCUT2D eigenvalue weighted by molar-refractivity contribution is 6.12. The molecule has 2 aliphatic rings. The van der Waals surface area contributed by atoms with Crippen molar-refractivity contribution in [2.24, 2.45) is 0 Å². The molecular weight excluding hydrogens is 344 g/mol. The normalized spacial score (nSPS) is 18.8. The Labute approximate surface area is 160 Å². The van der Waals surface area contributed by atoms with Crippen molar-refractivity contribution in [1.82, 2.24) is 9.80 Å². The van der Waals surface area contributed by atoms with Crippen molar-refractivity contribution in [3.05, 3.63) is 35.9 Å². The van der Waals surface area contributed by atoms with Gasteiger partial charge in [0.25, 0.3) is 11.8 Å². The van der Waals surface area contributed by atoms with Crippen LogP contribution in [0.5, 0.6) is 11.5 Å². The summed E-state index contributed by atoms with van der Waals surface area (Å²) >= 11 is 0. The number of fused-ring (bicyclic) bond motifs is 1. The second-order valence-corrected chi connectivity index (χ2v) is 7.01. The number of nitrogens with zero attached hydrogens (tertiary/aromatic N) is 2. The quantitative estimate of drug-likeness (QED) is 0.492. The first kappa shape index (κ1) is 19.4. The highest BCUT2D eigenvalue weighted by Crippen LogP contribution is 2.33. The molecule has 1 aromatic rings. The summed E-state index contributed by atoms with van der Waals surface area (Å²) in [6.45, 7) is 5.27. The van der Waals surface area contributed by atoms with Crippen LogP contribution < -0.4 is 9.47 Å². The molecule has 0 radical (unpaired) electrons. The summed E-state index contributed by atoms with van der Waals surface area (Å²) in [5, 5.41) is 0. The van der Waals surface area contributed by atoms with Gasteiger partial charge < -0.3 is 9.47 Å². The molecule has 6 nitrogen and oxygen atoms in total. The molecule has 0 aromatic heterocycles. The minimum atomic E-state index is -0.199. The number of unbranched alkanes of at least 4 members (excludes halogenated alkanes) is 1. The molecule has 0 saturated carbocycles. The smallest absolute Gasteiger partial charge is 0.253 e. The SMILES string of the molecule is CCCN(CCCCN1C(=O)C=CC1=O)C1COc2cccc(OC)c2C1. The molecule has 2 aliphatic heterocycles. The molecule has 6 heteroatoms. The predicted molar refractivity (Wildman–Crippen MR) is 103 cm³/mol. The van der Waals surface area contributed by atoms with Crippen molar-refractivity contribution in [3.8, 4) is 11.5 Å². The number of carbonyl (C=O) groups excluding carboxylic acids is 2. The minimum absolute atomic E-state index is 0.199. The number of imide groups is 1. The molecule has 2 amide bonds. The van der Waals surface area contributed by atoms with Gasteiger partial charge in [0.2, 0.25) is 0 Å². The molecule has 0 bridgehead atoms. The molecule has 0 spiro atoms. The van der Waals surface area contributed by atoms with Gasteiger partial charge in [-0.3, -0.25) is 19.4 Å². The van der Waals surface area contributed by atoms with E-state index >= 15 is 0 Å². The van der Waals surface area contributed by atoms with E-state index < -0.39 is 0 Å². The maximum Gasteiger partial charge on any atom is 0.253 e. The Balaban J connectivity index is 1.54. The Kier molecular flexibility index (Phi) is 6.50. The topological polar surface area (TPSA) is 59.1 Å². The standard InChI is InChI=1S/C21H28N2O4/c1-3-11-22(12-4-5-13-23-20(24)9-10-21(23)25)16-14-17-18(26-2)7-6-8-19(17)27-15-16/h6-10,16H,3-5,11-15H2,1-2H3. The fraction of sp³-hybridized carbons (Fsp3) is 0.524. The first-order chi connectivity index (χ1) is 13.1. The second kappa shape index (κ2) is 9.04. The van der Waals surface area contributed by atoms with E-state index in [1.807, 2.05) is 18.2 Å². The second-order valence-electron chi connectivity index (χ2n) is 7.01. The Morgan fingerprint density at radius 1 is 1.19 bits per heavy atom. The van der Waals surface area contributed by atoms with Gasteiger partial charge in [0, 0.05) is 30.3 Å². The molecule has 1 atom stereocenters. The zero-order valence-corrected chi connectivity index (χ0v) is 16.1. The van der Waals surface area contributed by atoms with Gasteiger partial charge in [0.05, 0.1) is 7.11 Å². The third-order valence-corrected chi connectivity index (χ3v) is 5.19. The molecule has 0 fully saturated rings. The number of carbonyl (C=O) groups is 2. The highest BCUT2D eigenvalue weighted by atomic mass is 16.5. The van der Waals surface area contributed by atoms with Gasteiger partial charge in [0.15, 0.2) is 0 Å².